The molecule has 0 spiro atoms. The number of rotatable bonds is 3. The van der Waals surface area contributed by atoms with Gasteiger partial charge in [0, 0.05) is 10.6 Å². The van der Waals surface area contributed by atoms with Gasteiger partial charge in [-0.2, -0.15) is 13.2 Å². The number of benzene rings is 1. The number of alkyl halides is 3. The first-order chi connectivity index (χ1) is 9.35. The first kappa shape index (κ1) is 15.2. The fourth-order valence-corrected chi connectivity index (χ4v) is 2.68. The van der Waals surface area contributed by atoms with Gasteiger partial charge in [0.15, 0.2) is 0 Å². The molecule has 0 aliphatic carbocycles. The lowest BCUT2D eigenvalue weighted by molar-refractivity contribution is -0.118. The predicted octanol–water partition coefficient (Wildman–Crippen LogP) is 3.24. The van der Waals surface area contributed by atoms with Crippen LogP contribution in [0.5, 0.6) is 0 Å². The Kier molecular flexibility index (Phi) is 4.59. The second kappa shape index (κ2) is 6.05. The van der Waals surface area contributed by atoms with Crippen molar-refractivity contribution in [3.63, 3.8) is 0 Å². The lowest BCUT2D eigenvalue weighted by Gasteiger charge is -2.15. The van der Waals surface area contributed by atoms with E-state index in [9.17, 15) is 18.0 Å². The van der Waals surface area contributed by atoms with E-state index in [0.717, 1.165) is 13.0 Å². The largest absolute Gasteiger partial charge is 0.446 e. The Morgan fingerprint density at radius 3 is 2.50 bits per heavy atom. The third-order valence-electron chi connectivity index (χ3n) is 3.17. The lowest BCUT2D eigenvalue weighted by Crippen LogP contribution is -2.39. The van der Waals surface area contributed by atoms with E-state index in [1.807, 2.05) is 6.92 Å². The molecular formula is C13H15F3N2OS. The highest BCUT2D eigenvalue weighted by atomic mass is 32.2. The van der Waals surface area contributed by atoms with E-state index in [0.29, 0.717) is 5.69 Å². The molecule has 1 aliphatic heterocycles. The van der Waals surface area contributed by atoms with Gasteiger partial charge in [-0.25, -0.2) is 0 Å². The van der Waals surface area contributed by atoms with Crippen LogP contribution in [0.1, 0.15) is 13.3 Å². The average Bonchev–Trinajstić information content (AvgIpc) is 2.76. The maximum atomic E-state index is 12.2. The van der Waals surface area contributed by atoms with Gasteiger partial charge < -0.3 is 10.6 Å². The fraction of sp³-hybridized carbons (Fsp3) is 0.462. The Hall–Kier alpha value is -1.21. The van der Waals surface area contributed by atoms with Gasteiger partial charge in [0.05, 0.1) is 6.04 Å². The normalized spacial score (nSPS) is 22.8. The van der Waals surface area contributed by atoms with Crippen molar-refractivity contribution in [1.29, 1.82) is 0 Å². The summed E-state index contributed by atoms with van der Waals surface area (Å²) in [7, 11) is 0. The zero-order valence-corrected chi connectivity index (χ0v) is 11.6. The summed E-state index contributed by atoms with van der Waals surface area (Å²) in [5.74, 6) is 0.112. The van der Waals surface area contributed by atoms with Gasteiger partial charge in [-0.1, -0.05) is 6.92 Å². The number of nitrogens with one attached hydrogen (secondary N) is 2. The van der Waals surface area contributed by atoms with Crippen LogP contribution in [-0.2, 0) is 4.79 Å². The highest BCUT2D eigenvalue weighted by molar-refractivity contribution is 8.00. The summed E-state index contributed by atoms with van der Waals surface area (Å²) in [6.07, 6.45) is 0.944. The van der Waals surface area contributed by atoms with E-state index in [4.69, 9.17) is 0 Å². The SMILES string of the molecule is CC1CCNC1C(=O)Nc1ccc(SC(F)(F)F)cc1. The Balaban J connectivity index is 1.95. The first-order valence-electron chi connectivity index (χ1n) is 6.25. The molecule has 2 rings (SSSR count). The van der Waals surface area contributed by atoms with E-state index in [-0.39, 0.29) is 34.5 Å². The monoisotopic (exact) mass is 304 g/mol. The van der Waals surface area contributed by atoms with Crippen LogP contribution in [0.25, 0.3) is 0 Å². The topological polar surface area (TPSA) is 41.1 Å². The number of carbonyl (C=O) groups is 1. The fourth-order valence-electron chi connectivity index (χ4n) is 2.15. The van der Waals surface area contributed by atoms with Crippen LogP contribution in [-0.4, -0.2) is 24.0 Å². The Morgan fingerprint density at radius 2 is 2.00 bits per heavy atom. The molecule has 1 amide bonds. The lowest BCUT2D eigenvalue weighted by atomic mass is 10.0. The van der Waals surface area contributed by atoms with Crippen LogP contribution in [0.4, 0.5) is 18.9 Å². The summed E-state index contributed by atoms with van der Waals surface area (Å²) in [6, 6.07) is 5.41. The molecule has 2 unspecified atom stereocenters. The zero-order chi connectivity index (χ0) is 14.8. The highest BCUT2D eigenvalue weighted by Gasteiger charge is 2.30. The van der Waals surface area contributed by atoms with Gasteiger partial charge in [0.1, 0.15) is 0 Å². The summed E-state index contributed by atoms with van der Waals surface area (Å²) < 4.78 is 36.6. The smallest absolute Gasteiger partial charge is 0.325 e. The number of amides is 1. The van der Waals surface area contributed by atoms with Crippen molar-refractivity contribution in [2.45, 2.75) is 29.8 Å². The van der Waals surface area contributed by atoms with Crippen molar-refractivity contribution in [3.8, 4) is 0 Å². The molecule has 2 N–H and O–H groups in total. The number of carbonyl (C=O) groups excluding carboxylic acids is 1. The van der Waals surface area contributed by atoms with Gasteiger partial charge in [-0.15, -0.1) is 0 Å². The maximum Gasteiger partial charge on any atom is 0.446 e. The Bertz CT molecular complexity index is 475. The Labute approximate surface area is 119 Å². The number of hydrogen-bond donors (Lipinski definition) is 2. The van der Waals surface area contributed by atoms with Crippen molar-refractivity contribution < 1.29 is 18.0 Å². The second-order valence-electron chi connectivity index (χ2n) is 4.76. The van der Waals surface area contributed by atoms with Crippen LogP contribution in [0, 0.1) is 5.92 Å². The molecular weight excluding hydrogens is 289 g/mol. The predicted molar refractivity (Wildman–Crippen MR) is 72.6 cm³/mol. The van der Waals surface area contributed by atoms with Crippen molar-refractivity contribution in [1.82, 2.24) is 5.32 Å². The molecule has 1 fully saturated rings. The van der Waals surface area contributed by atoms with Crippen LogP contribution < -0.4 is 10.6 Å². The standard InChI is InChI=1S/C13H15F3N2OS/c1-8-6-7-17-11(8)12(19)18-9-2-4-10(5-3-9)20-13(14,15)16/h2-5,8,11,17H,6-7H2,1H3,(H,18,19). The molecule has 1 aromatic rings. The summed E-state index contributed by atoms with van der Waals surface area (Å²) in [5.41, 5.74) is -3.80. The van der Waals surface area contributed by atoms with E-state index in [1.54, 1.807) is 0 Å². The molecule has 20 heavy (non-hydrogen) atoms. The number of anilines is 1. The first-order valence-corrected chi connectivity index (χ1v) is 7.07. The van der Waals surface area contributed by atoms with E-state index < -0.39 is 5.51 Å². The molecule has 1 aliphatic rings. The third-order valence-corrected chi connectivity index (χ3v) is 3.91. The average molecular weight is 304 g/mol. The highest BCUT2D eigenvalue weighted by Crippen LogP contribution is 2.37. The maximum absolute atomic E-state index is 12.2. The van der Waals surface area contributed by atoms with Crippen molar-refractivity contribution >= 4 is 23.4 Å². The molecule has 0 saturated carbocycles. The molecule has 0 radical (unpaired) electrons. The van der Waals surface area contributed by atoms with Crippen molar-refractivity contribution in [2.24, 2.45) is 5.92 Å². The minimum atomic E-state index is -4.30. The Morgan fingerprint density at radius 1 is 1.35 bits per heavy atom. The molecule has 2 atom stereocenters. The van der Waals surface area contributed by atoms with Gasteiger partial charge >= 0.3 is 5.51 Å². The summed E-state index contributed by atoms with van der Waals surface area (Å²) in [4.78, 5) is 12.1. The second-order valence-corrected chi connectivity index (χ2v) is 5.90. The number of halogens is 3. The number of hydrogen-bond acceptors (Lipinski definition) is 3. The van der Waals surface area contributed by atoms with Crippen molar-refractivity contribution in [2.75, 3.05) is 11.9 Å². The van der Waals surface area contributed by atoms with E-state index in [1.165, 1.54) is 24.3 Å². The molecule has 1 saturated heterocycles. The zero-order valence-electron chi connectivity index (χ0n) is 10.8. The minimum Gasteiger partial charge on any atom is -0.325 e. The number of thioether (sulfide) groups is 1. The minimum absolute atomic E-state index is 0.0999. The summed E-state index contributed by atoms with van der Waals surface area (Å²) >= 11 is -0.171. The molecule has 3 nitrogen and oxygen atoms in total. The molecule has 1 heterocycles. The molecule has 0 bridgehead atoms. The van der Waals surface area contributed by atoms with Gasteiger partial charge in [-0.05, 0) is 54.9 Å². The van der Waals surface area contributed by atoms with Crippen LogP contribution >= 0.6 is 11.8 Å². The molecule has 1 aromatic carbocycles. The third kappa shape index (κ3) is 4.14. The van der Waals surface area contributed by atoms with E-state index in [2.05, 4.69) is 10.6 Å². The van der Waals surface area contributed by atoms with Crippen LogP contribution in [0.3, 0.4) is 0 Å². The van der Waals surface area contributed by atoms with E-state index >= 15 is 0 Å². The van der Waals surface area contributed by atoms with Crippen LogP contribution in [0.15, 0.2) is 29.2 Å². The summed E-state index contributed by atoms with van der Waals surface area (Å²) in [6.45, 7) is 2.80. The summed E-state index contributed by atoms with van der Waals surface area (Å²) in [5, 5.41) is 5.82. The van der Waals surface area contributed by atoms with Gasteiger partial charge in [-0.3, -0.25) is 4.79 Å². The van der Waals surface area contributed by atoms with Crippen molar-refractivity contribution in [3.05, 3.63) is 24.3 Å². The molecule has 110 valence electrons. The molecule has 0 aromatic heterocycles. The quantitative estimate of drug-likeness (QED) is 0.842. The molecule has 7 heteroatoms. The van der Waals surface area contributed by atoms with Crippen LogP contribution in [0.2, 0.25) is 0 Å². The van der Waals surface area contributed by atoms with Gasteiger partial charge in [0.25, 0.3) is 0 Å². The van der Waals surface area contributed by atoms with Gasteiger partial charge in [0.2, 0.25) is 5.91 Å².